The van der Waals surface area contributed by atoms with Gasteiger partial charge in [-0.15, -0.1) is 12.4 Å². The predicted molar refractivity (Wildman–Crippen MR) is 56.6 cm³/mol. The number of rotatable bonds is 7. The van der Waals surface area contributed by atoms with E-state index in [1.54, 1.807) is 0 Å². The summed E-state index contributed by atoms with van der Waals surface area (Å²) in [4.78, 5) is 21.4. The smallest absolute Gasteiger partial charge is 0.320 e. The molecule has 4 nitrogen and oxygen atoms in total. The van der Waals surface area contributed by atoms with E-state index in [1.165, 1.54) is 0 Å². The highest BCUT2D eigenvalue weighted by Gasteiger charge is 2.15. The second kappa shape index (κ2) is 8.97. The zero-order valence-electron chi connectivity index (χ0n) is 8.36. The van der Waals surface area contributed by atoms with Crippen LogP contribution in [0.15, 0.2) is 0 Å². The number of hydrogen-bond donors (Lipinski definition) is 2. The summed E-state index contributed by atoms with van der Waals surface area (Å²) in [7, 11) is 0. The molecule has 0 radical (unpaired) electrons. The van der Waals surface area contributed by atoms with E-state index in [9.17, 15) is 9.59 Å². The Balaban J connectivity index is 0. The third-order valence-corrected chi connectivity index (χ3v) is 1.82. The van der Waals surface area contributed by atoms with Crippen molar-refractivity contribution in [2.45, 2.75) is 45.1 Å². The Labute approximate surface area is 90.3 Å². The van der Waals surface area contributed by atoms with Gasteiger partial charge in [0.25, 0.3) is 0 Å². The zero-order valence-corrected chi connectivity index (χ0v) is 9.18. The summed E-state index contributed by atoms with van der Waals surface area (Å²) < 4.78 is 0. The van der Waals surface area contributed by atoms with Gasteiger partial charge >= 0.3 is 5.97 Å². The molecule has 5 heteroatoms. The lowest BCUT2D eigenvalue weighted by Crippen LogP contribution is -2.32. The Morgan fingerprint density at radius 2 is 1.93 bits per heavy atom. The molecule has 0 bridgehead atoms. The molecule has 0 saturated carbocycles. The van der Waals surface area contributed by atoms with Gasteiger partial charge in [-0.1, -0.05) is 19.8 Å². The molecule has 0 spiro atoms. The summed E-state index contributed by atoms with van der Waals surface area (Å²) in [6.07, 6.45) is 3.31. The highest BCUT2D eigenvalue weighted by molar-refractivity contribution is 5.85. The SMILES string of the molecule is CCCCCC(=O)CC(N)C(=O)O.Cl. The molecule has 1 atom stereocenters. The van der Waals surface area contributed by atoms with Gasteiger partial charge in [0.2, 0.25) is 0 Å². The Morgan fingerprint density at radius 1 is 1.36 bits per heavy atom. The number of nitrogens with two attached hydrogens (primary N) is 1. The van der Waals surface area contributed by atoms with Crippen molar-refractivity contribution in [2.24, 2.45) is 5.73 Å². The number of carboxylic acids is 1. The molecule has 0 aliphatic carbocycles. The number of carbonyl (C=O) groups is 2. The largest absolute Gasteiger partial charge is 0.480 e. The van der Waals surface area contributed by atoms with Gasteiger partial charge in [-0.25, -0.2) is 0 Å². The van der Waals surface area contributed by atoms with Crippen LogP contribution in [0.4, 0.5) is 0 Å². The van der Waals surface area contributed by atoms with Gasteiger partial charge in [0.15, 0.2) is 0 Å². The van der Waals surface area contributed by atoms with Crippen LogP contribution in [0.5, 0.6) is 0 Å². The van der Waals surface area contributed by atoms with Crippen molar-refractivity contribution in [1.82, 2.24) is 0 Å². The summed E-state index contributed by atoms with van der Waals surface area (Å²) >= 11 is 0. The van der Waals surface area contributed by atoms with Gasteiger partial charge in [0.1, 0.15) is 11.8 Å². The molecule has 0 heterocycles. The lowest BCUT2D eigenvalue weighted by Gasteiger charge is -2.04. The second-order valence-corrected chi connectivity index (χ2v) is 3.14. The van der Waals surface area contributed by atoms with Crippen molar-refractivity contribution in [3.05, 3.63) is 0 Å². The molecule has 0 aromatic carbocycles. The number of unbranched alkanes of at least 4 members (excludes halogenated alkanes) is 2. The maximum Gasteiger partial charge on any atom is 0.320 e. The number of ketones is 1. The van der Waals surface area contributed by atoms with Crippen LogP contribution in [0.1, 0.15) is 39.0 Å². The minimum atomic E-state index is -1.11. The maximum atomic E-state index is 11.1. The fourth-order valence-electron chi connectivity index (χ4n) is 1.01. The van der Waals surface area contributed by atoms with Crippen LogP contribution < -0.4 is 5.73 Å². The molecule has 0 saturated heterocycles. The third-order valence-electron chi connectivity index (χ3n) is 1.82. The maximum absolute atomic E-state index is 11.1. The number of carboxylic acid groups (broad SMARTS) is 1. The first kappa shape index (κ1) is 15.8. The van der Waals surface area contributed by atoms with Crippen LogP contribution in [-0.2, 0) is 9.59 Å². The first-order valence-corrected chi connectivity index (χ1v) is 4.58. The lowest BCUT2D eigenvalue weighted by molar-refractivity contribution is -0.140. The molecule has 0 rings (SSSR count). The molecule has 0 fully saturated rings. The fraction of sp³-hybridized carbons (Fsp3) is 0.778. The summed E-state index contributed by atoms with van der Waals surface area (Å²) in [5, 5.41) is 8.43. The molecule has 0 amide bonds. The third kappa shape index (κ3) is 8.01. The van der Waals surface area contributed by atoms with Gasteiger partial charge in [-0.05, 0) is 6.42 Å². The van der Waals surface area contributed by atoms with E-state index in [0.717, 1.165) is 19.3 Å². The van der Waals surface area contributed by atoms with Crippen molar-refractivity contribution >= 4 is 24.2 Å². The molecule has 0 aromatic rings. The molecule has 84 valence electrons. The van der Waals surface area contributed by atoms with Gasteiger partial charge in [0.05, 0.1) is 0 Å². The Hall–Kier alpha value is -0.610. The minimum absolute atomic E-state index is 0. The molecule has 0 aromatic heterocycles. The van der Waals surface area contributed by atoms with Crippen LogP contribution in [0.3, 0.4) is 0 Å². The lowest BCUT2D eigenvalue weighted by atomic mass is 10.1. The Morgan fingerprint density at radius 3 is 2.36 bits per heavy atom. The molecule has 3 N–H and O–H groups in total. The number of Topliss-reactive ketones (excluding diaryl/α,β-unsaturated/α-hetero) is 1. The molecule has 0 aliphatic heterocycles. The molecular formula is C9H18ClNO3. The van der Waals surface area contributed by atoms with Gasteiger partial charge < -0.3 is 10.8 Å². The topological polar surface area (TPSA) is 80.4 Å². The van der Waals surface area contributed by atoms with E-state index >= 15 is 0 Å². The van der Waals surface area contributed by atoms with Crippen LogP contribution in [0.2, 0.25) is 0 Å². The zero-order chi connectivity index (χ0) is 10.3. The summed E-state index contributed by atoms with van der Waals surface area (Å²) in [5.41, 5.74) is 5.20. The van der Waals surface area contributed by atoms with Gasteiger partial charge in [0, 0.05) is 12.8 Å². The van der Waals surface area contributed by atoms with Crippen molar-refractivity contribution in [3.8, 4) is 0 Å². The number of halogens is 1. The molecule has 1 unspecified atom stereocenters. The van der Waals surface area contributed by atoms with E-state index in [1.807, 2.05) is 6.92 Å². The van der Waals surface area contributed by atoms with E-state index in [0.29, 0.717) is 6.42 Å². The quantitative estimate of drug-likeness (QED) is 0.639. The number of hydrogen-bond acceptors (Lipinski definition) is 3. The van der Waals surface area contributed by atoms with Crippen molar-refractivity contribution in [3.63, 3.8) is 0 Å². The van der Waals surface area contributed by atoms with Gasteiger partial charge in [-0.3, -0.25) is 9.59 Å². The Kier molecular flexibility index (Phi) is 10.1. The monoisotopic (exact) mass is 223 g/mol. The summed E-state index contributed by atoms with van der Waals surface area (Å²) in [6, 6.07) is -1.03. The van der Waals surface area contributed by atoms with E-state index < -0.39 is 12.0 Å². The van der Waals surface area contributed by atoms with Crippen LogP contribution in [0, 0.1) is 0 Å². The van der Waals surface area contributed by atoms with E-state index in [-0.39, 0.29) is 24.6 Å². The molecule has 14 heavy (non-hydrogen) atoms. The number of carbonyl (C=O) groups excluding carboxylic acids is 1. The van der Waals surface area contributed by atoms with Gasteiger partial charge in [-0.2, -0.15) is 0 Å². The normalized spacial score (nSPS) is 11.6. The average molecular weight is 224 g/mol. The fourth-order valence-corrected chi connectivity index (χ4v) is 1.01. The summed E-state index contributed by atoms with van der Waals surface area (Å²) in [6.45, 7) is 2.05. The van der Waals surface area contributed by atoms with Crippen molar-refractivity contribution < 1.29 is 14.7 Å². The highest BCUT2D eigenvalue weighted by atomic mass is 35.5. The standard InChI is InChI=1S/C9H17NO3.ClH/c1-2-3-4-5-7(11)6-8(10)9(12)13;/h8H,2-6,10H2,1H3,(H,12,13);1H. The first-order chi connectivity index (χ1) is 6.07. The van der Waals surface area contributed by atoms with Crippen molar-refractivity contribution in [2.75, 3.05) is 0 Å². The average Bonchev–Trinajstić information content (AvgIpc) is 2.04. The van der Waals surface area contributed by atoms with E-state index in [4.69, 9.17) is 10.8 Å². The van der Waals surface area contributed by atoms with Crippen molar-refractivity contribution in [1.29, 1.82) is 0 Å². The highest BCUT2D eigenvalue weighted by Crippen LogP contribution is 2.03. The van der Waals surface area contributed by atoms with Crippen LogP contribution >= 0.6 is 12.4 Å². The minimum Gasteiger partial charge on any atom is -0.480 e. The number of aliphatic carboxylic acids is 1. The Bertz CT molecular complexity index is 185. The first-order valence-electron chi connectivity index (χ1n) is 4.58. The van der Waals surface area contributed by atoms with E-state index in [2.05, 4.69) is 0 Å². The molecule has 0 aliphatic rings. The summed E-state index contributed by atoms with van der Waals surface area (Å²) in [5.74, 6) is -1.16. The van der Waals surface area contributed by atoms with Crippen LogP contribution in [-0.4, -0.2) is 22.9 Å². The predicted octanol–water partition coefficient (Wildman–Crippen LogP) is 1.36. The molecular weight excluding hydrogens is 206 g/mol. The van der Waals surface area contributed by atoms with Crippen LogP contribution in [0.25, 0.3) is 0 Å². The second-order valence-electron chi connectivity index (χ2n) is 3.14.